The van der Waals surface area contributed by atoms with Crippen molar-refractivity contribution in [2.75, 3.05) is 29.9 Å². The van der Waals surface area contributed by atoms with Gasteiger partial charge in [-0.15, -0.1) is 0 Å². The minimum absolute atomic E-state index is 0.0300. The van der Waals surface area contributed by atoms with Gasteiger partial charge in [-0.25, -0.2) is 4.79 Å². The number of nitrogens with one attached hydrogen (secondary N) is 1. The molecule has 3 rings (SSSR count). The predicted molar refractivity (Wildman–Crippen MR) is 110 cm³/mol. The largest absolute Gasteiger partial charge is 0.478 e. The van der Waals surface area contributed by atoms with Crippen molar-refractivity contribution >= 4 is 35.2 Å². The number of nitrogens with zero attached hydrogens (tertiary/aromatic N) is 1. The van der Waals surface area contributed by atoms with Crippen LogP contribution in [-0.4, -0.2) is 52.4 Å². The number of aryl methyl sites for hydroxylation is 1. The molecule has 0 atom stereocenters. The lowest BCUT2D eigenvalue weighted by molar-refractivity contribution is 0.0695. The summed E-state index contributed by atoms with van der Waals surface area (Å²) in [4.78, 5) is 38.6. The minimum Gasteiger partial charge on any atom is -0.478 e. The zero-order valence-corrected chi connectivity index (χ0v) is 16.6. The van der Waals surface area contributed by atoms with Gasteiger partial charge in [0.05, 0.1) is 5.56 Å². The quantitative estimate of drug-likeness (QED) is 0.824. The van der Waals surface area contributed by atoms with E-state index in [-0.39, 0.29) is 17.0 Å². The molecule has 1 aliphatic heterocycles. The summed E-state index contributed by atoms with van der Waals surface area (Å²) in [5.74, 6) is 0.341. The Labute approximate surface area is 167 Å². The standard InChI is InChI=1S/C21H22N2O4S/c1-13-10-15(12-16(11-13)21(26)27)19(24)22-18-5-3-4-17(14(18)2)20(25)23-6-8-28-9-7-23/h3-5,10-12H,6-9H2,1-2H3,(H,22,24)(H,26,27). The molecule has 0 unspecified atom stereocenters. The smallest absolute Gasteiger partial charge is 0.335 e. The Morgan fingerprint density at radius 2 is 1.71 bits per heavy atom. The summed E-state index contributed by atoms with van der Waals surface area (Å²) in [6.45, 7) is 4.99. The molecular weight excluding hydrogens is 376 g/mol. The maximum absolute atomic E-state index is 12.8. The van der Waals surface area contributed by atoms with Crippen molar-refractivity contribution in [3.8, 4) is 0 Å². The number of rotatable bonds is 4. The first-order chi connectivity index (χ1) is 13.4. The summed E-state index contributed by atoms with van der Waals surface area (Å²) in [5, 5.41) is 12.0. The Balaban J connectivity index is 1.84. The second kappa shape index (κ2) is 8.48. The zero-order chi connectivity index (χ0) is 20.3. The average Bonchev–Trinajstić information content (AvgIpc) is 2.69. The SMILES string of the molecule is Cc1cc(C(=O)O)cc(C(=O)Nc2cccc(C(=O)N3CCSCC3)c2C)c1. The van der Waals surface area contributed by atoms with Crippen LogP contribution < -0.4 is 5.32 Å². The highest BCUT2D eigenvalue weighted by atomic mass is 32.2. The van der Waals surface area contributed by atoms with E-state index in [0.29, 0.717) is 22.4 Å². The van der Waals surface area contributed by atoms with E-state index in [1.807, 2.05) is 16.7 Å². The van der Waals surface area contributed by atoms with Gasteiger partial charge < -0.3 is 15.3 Å². The number of carbonyl (C=O) groups is 3. The molecule has 1 heterocycles. The number of amides is 2. The molecule has 0 aromatic heterocycles. The first kappa shape index (κ1) is 19.9. The minimum atomic E-state index is -1.08. The van der Waals surface area contributed by atoms with Gasteiger partial charge in [0.1, 0.15) is 0 Å². The maximum Gasteiger partial charge on any atom is 0.335 e. The Hall–Kier alpha value is -2.80. The monoisotopic (exact) mass is 398 g/mol. The molecule has 0 aliphatic carbocycles. The van der Waals surface area contributed by atoms with Crippen LogP contribution in [-0.2, 0) is 0 Å². The third-order valence-electron chi connectivity index (χ3n) is 4.70. The fraction of sp³-hybridized carbons (Fsp3) is 0.286. The van der Waals surface area contributed by atoms with Gasteiger partial charge in [-0.05, 0) is 55.3 Å². The topological polar surface area (TPSA) is 86.7 Å². The Kier molecular flexibility index (Phi) is 6.04. The third kappa shape index (κ3) is 4.36. The molecule has 7 heteroatoms. The van der Waals surface area contributed by atoms with Gasteiger partial charge in [0.25, 0.3) is 11.8 Å². The number of thioether (sulfide) groups is 1. The predicted octanol–water partition coefficient (Wildman–Crippen LogP) is 3.44. The molecule has 0 saturated carbocycles. The Bertz CT molecular complexity index is 936. The van der Waals surface area contributed by atoms with Crippen LogP contribution in [0.4, 0.5) is 5.69 Å². The van der Waals surface area contributed by atoms with Gasteiger partial charge in [0.2, 0.25) is 0 Å². The normalized spacial score (nSPS) is 13.9. The fourth-order valence-corrected chi connectivity index (χ4v) is 4.07. The van der Waals surface area contributed by atoms with Crippen molar-refractivity contribution in [1.82, 2.24) is 4.90 Å². The third-order valence-corrected chi connectivity index (χ3v) is 5.64. The average molecular weight is 398 g/mol. The molecule has 1 fully saturated rings. The van der Waals surface area contributed by atoms with Crippen LogP contribution in [0, 0.1) is 13.8 Å². The summed E-state index contributed by atoms with van der Waals surface area (Å²) in [5.41, 5.74) is 2.83. The molecular formula is C21H22N2O4S. The number of carboxylic acids is 1. The molecule has 0 radical (unpaired) electrons. The zero-order valence-electron chi connectivity index (χ0n) is 15.8. The Morgan fingerprint density at radius 3 is 2.39 bits per heavy atom. The molecule has 2 N–H and O–H groups in total. The summed E-state index contributed by atoms with van der Waals surface area (Å²) < 4.78 is 0. The highest BCUT2D eigenvalue weighted by Crippen LogP contribution is 2.23. The highest BCUT2D eigenvalue weighted by Gasteiger charge is 2.21. The summed E-state index contributed by atoms with van der Waals surface area (Å²) >= 11 is 1.84. The lowest BCUT2D eigenvalue weighted by atomic mass is 10.0. The van der Waals surface area contributed by atoms with Crippen molar-refractivity contribution in [3.63, 3.8) is 0 Å². The van der Waals surface area contributed by atoms with Crippen LogP contribution in [0.25, 0.3) is 0 Å². The first-order valence-electron chi connectivity index (χ1n) is 9.00. The van der Waals surface area contributed by atoms with E-state index in [2.05, 4.69) is 5.32 Å². The molecule has 1 saturated heterocycles. The van der Waals surface area contributed by atoms with Crippen LogP contribution in [0.1, 0.15) is 42.2 Å². The lowest BCUT2D eigenvalue weighted by Gasteiger charge is -2.27. The van der Waals surface area contributed by atoms with E-state index in [0.717, 1.165) is 24.6 Å². The molecule has 146 valence electrons. The van der Waals surface area contributed by atoms with Crippen LogP contribution in [0.5, 0.6) is 0 Å². The summed E-state index contributed by atoms with van der Waals surface area (Å²) in [6, 6.07) is 9.75. The van der Waals surface area contributed by atoms with Crippen molar-refractivity contribution in [2.45, 2.75) is 13.8 Å². The van der Waals surface area contributed by atoms with Crippen molar-refractivity contribution < 1.29 is 19.5 Å². The van der Waals surface area contributed by atoms with Gasteiger partial charge in [-0.2, -0.15) is 11.8 Å². The van der Waals surface area contributed by atoms with E-state index < -0.39 is 11.9 Å². The molecule has 2 aromatic carbocycles. The van der Waals surface area contributed by atoms with E-state index in [9.17, 15) is 19.5 Å². The van der Waals surface area contributed by atoms with E-state index in [1.54, 1.807) is 38.1 Å². The molecule has 1 aliphatic rings. The van der Waals surface area contributed by atoms with Gasteiger partial charge in [0, 0.05) is 41.4 Å². The first-order valence-corrected chi connectivity index (χ1v) is 10.2. The number of carboxylic acid groups (broad SMARTS) is 1. The summed E-state index contributed by atoms with van der Waals surface area (Å²) in [7, 11) is 0. The molecule has 2 aromatic rings. The number of hydrogen-bond donors (Lipinski definition) is 2. The van der Waals surface area contributed by atoms with Gasteiger partial charge in [-0.1, -0.05) is 6.07 Å². The number of benzene rings is 2. The van der Waals surface area contributed by atoms with Crippen molar-refractivity contribution in [2.24, 2.45) is 0 Å². The van der Waals surface area contributed by atoms with Crippen molar-refractivity contribution in [1.29, 1.82) is 0 Å². The van der Waals surface area contributed by atoms with Gasteiger partial charge in [0.15, 0.2) is 0 Å². The number of carbonyl (C=O) groups excluding carboxylic acids is 2. The van der Waals surface area contributed by atoms with Crippen molar-refractivity contribution in [3.05, 3.63) is 64.2 Å². The van der Waals surface area contributed by atoms with Crippen LogP contribution in [0.15, 0.2) is 36.4 Å². The summed E-state index contributed by atoms with van der Waals surface area (Å²) in [6.07, 6.45) is 0. The van der Waals surface area contributed by atoms with Gasteiger partial charge >= 0.3 is 5.97 Å². The molecule has 6 nitrogen and oxygen atoms in total. The van der Waals surface area contributed by atoms with E-state index >= 15 is 0 Å². The van der Waals surface area contributed by atoms with E-state index in [1.165, 1.54) is 12.1 Å². The van der Waals surface area contributed by atoms with Gasteiger partial charge in [-0.3, -0.25) is 9.59 Å². The molecule has 0 bridgehead atoms. The second-order valence-electron chi connectivity index (χ2n) is 6.73. The maximum atomic E-state index is 12.8. The number of anilines is 1. The lowest BCUT2D eigenvalue weighted by Crippen LogP contribution is -2.38. The Morgan fingerprint density at radius 1 is 1.04 bits per heavy atom. The number of hydrogen-bond acceptors (Lipinski definition) is 4. The van der Waals surface area contributed by atoms with Crippen LogP contribution in [0.3, 0.4) is 0 Å². The molecule has 2 amide bonds. The second-order valence-corrected chi connectivity index (χ2v) is 7.95. The van der Waals surface area contributed by atoms with Crippen LogP contribution >= 0.6 is 11.8 Å². The fourth-order valence-electron chi connectivity index (χ4n) is 3.17. The molecule has 28 heavy (non-hydrogen) atoms. The van der Waals surface area contributed by atoms with E-state index in [4.69, 9.17) is 0 Å². The molecule has 0 spiro atoms. The van der Waals surface area contributed by atoms with Crippen LogP contribution in [0.2, 0.25) is 0 Å². The number of aromatic carboxylic acids is 1. The highest BCUT2D eigenvalue weighted by molar-refractivity contribution is 7.99.